The van der Waals surface area contributed by atoms with Gasteiger partial charge in [0.2, 0.25) is 0 Å². The van der Waals surface area contributed by atoms with Crippen LogP contribution in [0.2, 0.25) is 0 Å². The average molecular weight is 164 g/mol. The van der Waals surface area contributed by atoms with E-state index in [1.807, 2.05) is 6.07 Å². The minimum absolute atomic E-state index is 0.265. The van der Waals surface area contributed by atoms with E-state index in [0.29, 0.717) is 6.04 Å². The zero-order chi connectivity index (χ0) is 8.39. The first kappa shape index (κ1) is 7.64. The van der Waals surface area contributed by atoms with Crippen molar-refractivity contribution in [1.82, 2.24) is 20.8 Å². The SMILES string of the molecule is CC1CC(c2ncccn2)NN1. The van der Waals surface area contributed by atoms with Gasteiger partial charge in [0.1, 0.15) is 5.82 Å². The van der Waals surface area contributed by atoms with Crippen molar-refractivity contribution in [2.24, 2.45) is 0 Å². The minimum atomic E-state index is 0.265. The van der Waals surface area contributed by atoms with Crippen molar-refractivity contribution < 1.29 is 0 Å². The molecule has 0 aromatic carbocycles. The van der Waals surface area contributed by atoms with Gasteiger partial charge in [-0.3, -0.25) is 5.43 Å². The number of hydrogen-bond donors (Lipinski definition) is 2. The van der Waals surface area contributed by atoms with E-state index in [2.05, 4.69) is 27.7 Å². The zero-order valence-electron chi connectivity index (χ0n) is 6.99. The number of nitrogens with zero attached hydrogens (tertiary/aromatic N) is 2. The topological polar surface area (TPSA) is 49.8 Å². The molecule has 1 aliphatic heterocycles. The summed E-state index contributed by atoms with van der Waals surface area (Å²) >= 11 is 0. The van der Waals surface area contributed by atoms with E-state index in [0.717, 1.165) is 12.2 Å². The molecule has 0 radical (unpaired) electrons. The molecule has 0 spiro atoms. The molecule has 64 valence electrons. The van der Waals surface area contributed by atoms with E-state index in [1.165, 1.54) is 0 Å². The molecule has 0 saturated carbocycles. The Morgan fingerprint density at radius 3 is 2.67 bits per heavy atom. The Morgan fingerprint density at radius 1 is 1.33 bits per heavy atom. The van der Waals surface area contributed by atoms with Gasteiger partial charge in [-0.25, -0.2) is 15.4 Å². The molecule has 4 nitrogen and oxygen atoms in total. The Balaban J connectivity index is 2.11. The van der Waals surface area contributed by atoms with Gasteiger partial charge in [-0.2, -0.15) is 0 Å². The predicted molar refractivity (Wildman–Crippen MR) is 45.1 cm³/mol. The molecule has 12 heavy (non-hydrogen) atoms. The third-order valence-corrected chi connectivity index (χ3v) is 1.99. The third-order valence-electron chi connectivity index (χ3n) is 1.99. The van der Waals surface area contributed by atoms with Crippen molar-refractivity contribution in [3.63, 3.8) is 0 Å². The Labute approximate surface area is 71.4 Å². The summed E-state index contributed by atoms with van der Waals surface area (Å²) in [5, 5.41) is 0. The van der Waals surface area contributed by atoms with Crippen molar-refractivity contribution in [3.05, 3.63) is 24.3 Å². The molecule has 1 aromatic heterocycles. The van der Waals surface area contributed by atoms with Crippen LogP contribution in [0, 0.1) is 0 Å². The quantitative estimate of drug-likeness (QED) is 0.631. The summed E-state index contributed by atoms with van der Waals surface area (Å²) in [6.45, 7) is 2.13. The van der Waals surface area contributed by atoms with Gasteiger partial charge in [0.05, 0.1) is 6.04 Å². The molecule has 0 aliphatic carbocycles. The minimum Gasteiger partial charge on any atom is -0.254 e. The fourth-order valence-electron chi connectivity index (χ4n) is 1.37. The van der Waals surface area contributed by atoms with Crippen LogP contribution in [0.5, 0.6) is 0 Å². The summed E-state index contributed by atoms with van der Waals surface area (Å²) in [6, 6.07) is 2.59. The number of aromatic nitrogens is 2. The second-order valence-corrected chi connectivity index (χ2v) is 3.09. The van der Waals surface area contributed by atoms with E-state index in [1.54, 1.807) is 12.4 Å². The lowest BCUT2D eigenvalue weighted by molar-refractivity contribution is 0.543. The Morgan fingerprint density at radius 2 is 2.08 bits per heavy atom. The van der Waals surface area contributed by atoms with Crippen LogP contribution in [0.1, 0.15) is 25.2 Å². The maximum atomic E-state index is 4.18. The summed E-state index contributed by atoms with van der Waals surface area (Å²) in [6.07, 6.45) is 4.59. The molecule has 2 unspecified atom stereocenters. The summed E-state index contributed by atoms with van der Waals surface area (Å²) in [5.41, 5.74) is 6.29. The van der Waals surface area contributed by atoms with Gasteiger partial charge in [0, 0.05) is 18.4 Å². The normalized spacial score (nSPS) is 29.1. The summed E-state index contributed by atoms with van der Waals surface area (Å²) in [4.78, 5) is 8.36. The van der Waals surface area contributed by atoms with Crippen molar-refractivity contribution in [2.75, 3.05) is 0 Å². The first-order valence-corrected chi connectivity index (χ1v) is 4.14. The van der Waals surface area contributed by atoms with Crippen LogP contribution in [-0.4, -0.2) is 16.0 Å². The van der Waals surface area contributed by atoms with E-state index in [9.17, 15) is 0 Å². The lowest BCUT2D eigenvalue weighted by Crippen LogP contribution is -2.29. The number of hydrogen-bond acceptors (Lipinski definition) is 4. The zero-order valence-corrected chi connectivity index (χ0v) is 6.99. The molecule has 1 aromatic rings. The molecule has 0 amide bonds. The van der Waals surface area contributed by atoms with Gasteiger partial charge in [0.25, 0.3) is 0 Å². The smallest absolute Gasteiger partial charge is 0.146 e. The van der Waals surface area contributed by atoms with Crippen LogP contribution in [0.4, 0.5) is 0 Å². The van der Waals surface area contributed by atoms with Crippen LogP contribution < -0.4 is 10.9 Å². The maximum absolute atomic E-state index is 4.18. The molecule has 2 atom stereocenters. The highest BCUT2D eigenvalue weighted by molar-refractivity contribution is 4.98. The van der Waals surface area contributed by atoms with E-state index >= 15 is 0 Å². The highest BCUT2D eigenvalue weighted by Gasteiger charge is 2.23. The van der Waals surface area contributed by atoms with Crippen LogP contribution in [0.3, 0.4) is 0 Å². The predicted octanol–water partition coefficient (Wildman–Crippen LogP) is 0.404. The molecule has 1 saturated heterocycles. The maximum Gasteiger partial charge on any atom is 0.146 e. The molecular formula is C8H12N4. The van der Waals surface area contributed by atoms with Crippen LogP contribution >= 0.6 is 0 Å². The highest BCUT2D eigenvalue weighted by atomic mass is 15.4. The van der Waals surface area contributed by atoms with Crippen molar-refractivity contribution in [3.8, 4) is 0 Å². The number of rotatable bonds is 1. The van der Waals surface area contributed by atoms with Gasteiger partial charge in [-0.15, -0.1) is 0 Å². The average Bonchev–Trinajstić information content (AvgIpc) is 2.54. The van der Waals surface area contributed by atoms with Crippen LogP contribution in [-0.2, 0) is 0 Å². The molecule has 2 rings (SSSR count). The van der Waals surface area contributed by atoms with Gasteiger partial charge in [0.15, 0.2) is 0 Å². The summed E-state index contributed by atoms with van der Waals surface area (Å²) in [5.74, 6) is 0.870. The van der Waals surface area contributed by atoms with Gasteiger partial charge >= 0.3 is 0 Å². The Hall–Kier alpha value is -1.00. The molecule has 2 heterocycles. The standard InChI is InChI=1S/C8H12N4/c1-6-5-7(12-11-6)8-9-3-2-4-10-8/h2-4,6-7,11-12H,5H2,1H3. The largest absolute Gasteiger partial charge is 0.254 e. The Bertz CT molecular complexity index is 248. The van der Waals surface area contributed by atoms with Gasteiger partial charge in [-0.1, -0.05) is 0 Å². The molecule has 2 N–H and O–H groups in total. The fraction of sp³-hybridized carbons (Fsp3) is 0.500. The monoisotopic (exact) mass is 164 g/mol. The van der Waals surface area contributed by atoms with Crippen molar-refractivity contribution in [1.29, 1.82) is 0 Å². The summed E-state index contributed by atoms with van der Waals surface area (Å²) < 4.78 is 0. The molecule has 0 bridgehead atoms. The third kappa shape index (κ3) is 1.44. The lowest BCUT2D eigenvalue weighted by atomic mass is 10.1. The summed E-state index contributed by atoms with van der Waals surface area (Å²) in [7, 11) is 0. The fourth-order valence-corrected chi connectivity index (χ4v) is 1.37. The highest BCUT2D eigenvalue weighted by Crippen LogP contribution is 2.17. The van der Waals surface area contributed by atoms with E-state index in [-0.39, 0.29) is 6.04 Å². The van der Waals surface area contributed by atoms with E-state index < -0.39 is 0 Å². The molecule has 4 heteroatoms. The first-order valence-electron chi connectivity index (χ1n) is 4.14. The van der Waals surface area contributed by atoms with Crippen LogP contribution in [0.25, 0.3) is 0 Å². The van der Waals surface area contributed by atoms with Crippen molar-refractivity contribution in [2.45, 2.75) is 25.4 Å². The number of nitrogens with one attached hydrogen (secondary N) is 2. The lowest BCUT2D eigenvalue weighted by Gasteiger charge is -2.05. The van der Waals surface area contributed by atoms with Gasteiger partial charge in [-0.05, 0) is 19.4 Å². The number of hydrazine groups is 1. The first-order chi connectivity index (χ1) is 5.86. The molecular weight excluding hydrogens is 152 g/mol. The second-order valence-electron chi connectivity index (χ2n) is 3.09. The second kappa shape index (κ2) is 3.16. The van der Waals surface area contributed by atoms with Crippen LogP contribution in [0.15, 0.2) is 18.5 Å². The Kier molecular flexibility index (Phi) is 2.01. The molecule has 1 aliphatic rings. The van der Waals surface area contributed by atoms with Gasteiger partial charge < -0.3 is 0 Å². The molecule has 1 fully saturated rings. The van der Waals surface area contributed by atoms with E-state index in [4.69, 9.17) is 0 Å². The van der Waals surface area contributed by atoms with Crippen molar-refractivity contribution >= 4 is 0 Å².